The lowest BCUT2D eigenvalue weighted by molar-refractivity contribution is -0.213. The molecular formula is C30H33F2N7O6. The summed E-state index contributed by atoms with van der Waals surface area (Å²) in [5.74, 6) is -1.19. The lowest BCUT2D eigenvalue weighted by Crippen LogP contribution is -2.62. The summed E-state index contributed by atoms with van der Waals surface area (Å²) in [5.41, 5.74) is 1.28. The molecule has 0 spiro atoms. The van der Waals surface area contributed by atoms with Crippen LogP contribution in [0, 0.1) is 11.6 Å². The van der Waals surface area contributed by atoms with Crippen LogP contribution in [0.1, 0.15) is 31.3 Å². The molecule has 2 fully saturated rings. The summed E-state index contributed by atoms with van der Waals surface area (Å²) in [6.07, 6.45) is -1.28. The number of halogens is 2. The molecule has 1 aliphatic heterocycles. The van der Waals surface area contributed by atoms with E-state index in [-0.39, 0.29) is 0 Å². The van der Waals surface area contributed by atoms with E-state index in [1.165, 1.54) is 59.3 Å². The zero-order valence-electron chi connectivity index (χ0n) is 24.2. The van der Waals surface area contributed by atoms with Crippen molar-refractivity contribution in [1.29, 1.82) is 0 Å². The van der Waals surface area contributed by atoms with Crippen molar-refractivity contribution in [2.45, 2.75) is 67.9 Å². The average molecular weight is 626 g/mol. The number of benzene rings is 2. The van der Waals surface area contributed by atoms with Crippen molar-refractivity contribution in [2.75, 3.05) is 13.7 Å². The van der Waals surface area contributed by atoms with E-state index in [1.807, 2.05) is 0 Å². The number of hydrogen-bond donors (Lipinski definition) is 4. The number of carbonyl (C=O) groups is 1. The number of nitrogens with one attached hydrogen (secondary N) is 1. The summed E-state index contributed by atoms with van der Waals surface area (Å²) in [6, 6.07) is 9.46. The molecular weight excluding hydrogens is 592 g/mol. The summed E-state index contributed by atoms with van der Waals surface area (Å²) < 4.78 is 41.9. The molecule has 13 nitrogen and oxygen atoms in total. The van der Waals surface area contributed by atoms with E-state index in [9.17, 15) is 28.9 Å². The largest absolute Gasteiger partial charge is 0.394 e. The number of ether oxygens (including phenoxy) is 2. The predicted molar refractivity (Wildman–Crippen MR) is 153 cm³/mol. The van der Waals surface area contributed by atoms with Crippen LogP contribution in [0.2, 0.25) is 0 Å². The number of nitrogens with zero attached hydrogens (tertiary/aromatic N) is 6. The van der Waals surface area contributed by atoms with Gasteiger partial charge in [0.25, 0.3) is 5.91 Å². The van der Waals surface area contributed by atoms with Crippen LogP contribution in [0.5, 0.6) is 0 Å². The maximum atomic E-state index is 13.8. The van der Waals surface area contributed by atoms with Gasteiger partial charge in [-0.05, 0) is 43.5 Å². The van der Waals surface area contributed by atoms with E-state index in [0.29, 0.717) is 41.9 Å². The molecule has 45 heavy (non-hydrogen) atoms. The Morgan fingerprint density at radius 3 is 2.51 bits per heavy atom. The average Bonchev–Trinajstić information content (AvgIpc) is 3.73. The quantitative estimate of drug-likeness (QED) is 0.225. The molecule has 1 saturated carbocycles. The highest BCUT2D eigenvalue weighted by atomic mass is 19.1. The fraction of sp³-hybridized carbons (Fsp3) is 0.433. The van der Waals surface area contributed by atoms with Crippen molar-refractivity contribution in [2.24, 2.45) is 0 Å². The maximum absolute atomic E-state index is 13.8. The van der Waals surface area contributed by atoms with E-state index < -0.39 is 72.8 Å². The Bertz CT molecular complexity index is 1640. The van der Waals surface area contributed by atoms with Crippen molar-refractivity contribution in [3.8, 4) is 22.6 Å². The summed E-state index contributed by atoms with van der Waals surface area (Å²) in [5, 5.41) is 48.0. The Hall–Kier alpha value is -4.15. The highest BCUT2D eigenvalue weighted by Crippen LogP contribution is 2.34. The van der Waals surface area contributed by atoms with Gasteiger partial charge >= 0.3 is 0 Å². The van der Waals surface area contributed by atoms with Crippen LogP contribution in [0.25, 0.3) is 22.6 Å². The fourth-order valence-electron chi connectivity index (χ4n) is 6.14. The second-order valence-corrected chi connectivity index (χ2v) is 11.2. The van der Waals surface area contributed by atoms with Crippen molar-refractivity contribution < 1.29 is 38.4 Å². The molecule has 6 rings (SSSR count). The van der Waals surface area contributed by atoms with Gasteiger partial charge in [0.15, 0.2) is 11.9 Å². The van der Waals surface area contributed by atoms with E-state index in [0.717, 1.165) is 0 Å². The number of aliphatic hydroxyl groups excluding tert-OH is 3. The van der Waals surface area contributed by atoms with E-state index in [1.54, 1.807) is 18.2 Å². The topological polar surface area (TPSA) is 170 Å². The van der Waals surface area contributed by atoms with Crippen LogP contribution >= 0.6 is 0 Å². The second kappa shape index (κ2) is 13.1. The fourth-order valence-corrected chi connectivity index (χ4v) is 6.14. The van der Waals surface area contributed by atoms with Gasteiger partial charge in [-0.25, -0.2) is 23.1 Å². The van der Waals surface area contributed by atoms with Crippen LogP contribution in [0.3, 0.4) is 0 Å². The summed E-state index contributed by atoms with van der Waals surface area (Å²) in [6.45, 7) is -0.600. The van der Waals surface area contributed by atoms with Gasteiger partial charge in [0.2, 0.25) is 0 Å². The summed E-state index contributed by atoms with van der Waals surface area (Å²) in [4.78, 5) is 18.0. The number of amides is 1. The Morgan fingerprint density at radius 2 is 1.80 bits per heavy atom. The van der Waals surface area contributed by atoms with Crippen molar-refractivity contribution in [1.82, 2.24) is 35.1 Å². The summed E-state index contributed by atoms with van der Waals surface area (Å²) in [7, 11) is 1.35. The zero-order valence-corrected chi connectivity index (χ0v) is 24.2. The SMILES string of the molecule is CO[C@@H]1[C@@H](n2cc(-c3cccc(F)c3)nn2)[C@@H](O)[C@@H](CO)O[C@H]1C(=O)N[C@H]1CCC[C@@H](n2cnc(-c3cccc(F)c3)n2)[C@@H]1O. The minimum absolute atomic E-state index is 0.305. The molecule has 4 aromatic rings. The zero-order chi connectivity index (χ0) is 31.7. The normalized spacial score (nSPS) is 28.6. The highest BCUT2D eigenvalue weighted by Gasteiger charge is 2.50. The van der Waals surface area contributed by atoms with Gasteiger partial charge < -0.3 is 30.1 Å². The van der Waals surface area contributed by atoms with Gasteiger partial charge in [-0.2, -0.15) is 5.10 Å². The summed E-state index contributed by atoms with van der Waals surface area (Å²) >= 11 is 0. The Kier molecular flexibility index (Phi) is 8.96. The van der Waals surface area contributed by atoms with Crippen molar-refractivity contribution >= 4 is 5.91 Å². The van der Waals surface area contributed by atoms with Gasteiger partial charge in [-0.3, -0.25) is 4.79 Å². The molecule has 2 aromatic carbocycles. The smallest absolute Gasteiger partial charge is 0.252 e. The monoisotopic (exact) mass is 625 g/mol. The number of methoxy groups -OCH3 is 1. The third-order valence-corrected chi connectivity index (χ3v) is 8.41. The highest BCUT2D eigenvalue weighted by molar-refractivity contribution is 5.82. The number of rotatable bonds is 8. The van der Waals surface area contributed by atoms with Gasteiger partial charge in [0, 0.05) is 18.2 Å². The Morgan fingerprint density at radius 1 is 1.07 bits per heavy atom. The lowest BCUT2D eigenvalue weighted by Gasteiger charge is -2.43. The molecule has 8 atom stereocenters. The first-order valence-electron chi connectivity index (χ1n) is 14.6. The minimum atomic E-state index is -1.34. The molecule has 3 heterocycles. The minimum Gasteiger partial charge on any atom is -0.394 e. The van der Waals surface area contributed by atoms with Gasteiger partial charge in [-0.1, -0.05) is 29.5 Å². The molecule has 238 valence electrons. The van der Waals surface area contributed by atoms with Crippen LogP contribution in [-0.4, -0.2) is 101 Å². The van der Waals surface area contributed by atoms with E-state index in [4.69, 9.17) is 9.47 Å². The number of aromatic nitrogens is 6. The van der Waals surface area contributed by atoms with E-state index in [2.05, 4.69) is 25.7 Å². The van der Waals surface area contributed by atoms with Gasteiger partial charge in [0.1, 0.15) is 48.0 Å². The first-order valence-corrected chi connectivity index (χ1v) is 14.6. The van der Waals surface area contributed by atoms with Crippen molar-refractivity contribution in [3.63, 3.8) is 0 Å². The van der Waals surface area contributed by atoms with Crippen LogP contribution in [-0.2, 0) is 14.3 Å². The molecule has 0 unspecified atom stereocenters. The lowest BCUT2D eigenvalue weighted by atomic mass is 9.87. The van der Waals surface area contributed by atoms with Crippen LogP contribution < -0.4 is 5.32 Å². The molecule has 0 radical (unpaired) electrons. The standard InChI is InChI=1S/C30H33F2N7O6/c1-44-27-24(38-13-21(35-37-38)16-5-2-7-18(31)11-16)26(42)23(14-40)45-28(27)30(43)34-20-9-4-10-22(25(20)41)39-15-33-29(36-39)17-6-3-8-19(32)12-17/h2-3,5-8,11-13,15,20,22-28,40-42H,4,9-10,14H2,1H3,(H,34,43)/t20-,22+,23+,24-,25+,26-,27+,28+/m0/s1. The molecule has 2 aliphatic rings. The van der Waals surface area contributed by atoms with Gasteiger partial charge in [0.05, 0.1) is 31.0 Å². The van der Waals surface area contributed by atoms with Gasteiger partial charge in [-0.15, -0.1) is 5.10 Å². The molecule has 15 heteroatoms. The molecule has 1 amide bonds. The molecule has 2 aromatic heterocycles. The van der Waals surface area contributed by atoms with E-state index >= 15 is 0 Å². The van der Waals surface area contributed by atoms with Crippen LogP contribution in [0.4, 0.5) is 8.78 Å². The van der Waals surface area contributed by atoms with Crippen LogP contribution in [0.15, 0.2) is 61.1 Å². The number of hydrogen-bond acceptors (Lipinski definition) is 10. The maximum Gasteiger partial charge on any atom is 0.252 e. The second-order valence-electron chi connectivity index (χ2n) is 11.2. The molecule has 0 bridgehead atoms. The molecule has 1 aliphatic carbocycles. The third-order valence-electron chi connectivity index (χ3n) is 8.41. The Labute approximate surface area is 256 Å². The predicted octanol–water partition coefficient (Wildman–Crippen LogP) is 1.43. The van der Waals surface area contributed by atoms with Crippen molar-refractivity contribution in [3.05, 3.63) is 72.7 Å². The first kappa shape index (κ1) is 30.9. The Balaban J connectivity index is 1.20. The first-order chi connectivity index (χ1) is 21.8. The number of carbonyl (C=O) groups excluding carboxylic acids is 1. The molecule has 1 saturated heterocycles. The number of aliphatic hydroxyl groups is 3. The molecule has 4 N–H and O–H groups in total. The third kappa shape index (κ3) is 6.21.